The molecular weight excluding hydrogens is 263 g/mol. The van der Waals surface area contributed by atoms with Gasteiger partial charge in [-0.1, -0.05) is 17.7 Å². The fourth-order valence-corrected chi connectivity index (χ4v) is 2.20. The van der Waals surface area contributed by atoms with E-state index in [1.165, 1.54) is 0 Å². The number of imidazole rings is 1. The van der Waals surface area contributed by atoms with Crippen LogP contribution in [0.1, 0.15) is 5.69 Å². The van der Waals surface area contributed by atoms with Crippen LogP contribution in [0.4, 0.5) is 0 Å². The minimum Gasteiger partial charge on any atom is -0.342 e. The third kappa shape index (κ3) is 1.70. The molecule has 4 heteroatoms. The number of aromatic nitrogens is 2. The normalized spacial score (nSPS) is 10.5. The van der Waals surface area contributed by atoms with E-state index >= 15 is 0 Å². The summed E-state index contributed by atoms with van der Waals surface area (Å²) in [6.45, 7) is 1.96. The summed E-state index contributed by atoms with van der Waals surface area (Å²) in [4.78, 5) is 7.39. The van der Waals surface area contributed by atoms with Crippen LogP contribution in [0.3, 0.4) is 0 Å². The van der Waals surface area contributed by atoms with Crippen molar-refractivity contribution < 1.29 is 0 Å². The summed E-state index contributed by atoms with van der Waals surface area (Å²) < 4.78 is 0.944. The summed E-state index contributed by atoms with van der Waals surface area (Å²) in [7, 11) is 0. The van der Waals surface area contributed by atoms with Gasteiger partial charge in [0.1, 0.15) is 5.82 Å². The molecule has 0 bridgehead atoms. The third-order valence-corrected chi connectivity index (χ3v) is 2.88. The fraction of sp³-hybridized carbons (Fsp3) is 0.100. The van der Waals surface area contributed by atoms with Gasteiger partial charge in [0.25, 0.3) is 0 Å². The van der Waals surface area contributed by atoms with Crippen LogP contribution in [0.5, 0.6) is 0 Å². The molecule has 0 aliphatic carbocycles. The summed E-state index contributed by atoms with van der Waals surface area (Å²) in [6, 6.07) is 5.68. The van der Waals surface area contributed by atoms with Crippen molar-refractivity contribution >= 4 is 27.5 Å². The van der Waals surface area contributed by atoms with E-state index in [2.05, 4.69) is 25.9 Å². The number of benzene rings is 1. The van der Waals surface area contributed by atoms with Crippen LogP contribution in [0.15, 0.2) is 28.9 Å². The predicted molar refractivity (Wildman–Crippen MR) is 61.5 cm³/mol. The zero-order chi connectivity index (χ0) is 10.1. The van der Waals surface area contributed by atoms with E-state index in [0.29, 0.717) is 5.02 Å². The second-order valence-corrected chi connectivity index (χ2v) is 4.27. The highest BCUT2D eigenvalue weighted by Gasteiger charge is 2.09. The van der Waals surface area contributed by atoms with Crippen LogP contribution in [0.25, 0.3) is 11.4 Å². The highest BCUT2D eigenvalue weighted by Crippen LogP contribution is 2.32. The smallest absolute Gasteiger partial charge is 0.140 e. The molecule has 0 aliphatic rings. The molecule has 1 aromatic heterocycles. The number of nitrogens with zero attached hydrogens (tertiary/aromatic N) is 1. The number of aromatic amines is 1. The maximum Gasteiger partial charge on any atom is 0.140 e. The highest BCUT2D eigenvalue weighted by molar-refractivity contribution is 9.10. The van der Waals surface area contributed by atoms with E-state index in [-0.39, 0.29) is 0 Å². The molecule has 2 aromatic rings. The first-order chi connectivity index (χ1) is 6.68. The zero-order valence-electron chi connectivity index (χ0n) is 7.51. The molecule has 0 spiro atoms. The molecule has 72 valence electrons. The number of nitrogens with one attached hydrogen (secondary N) is 1. The molecule has 0 aliphatic heterocycles. The van der Waals surface area contributed by atoms with E-state index in [9.17, 15) is 0 Å². The number of rotatable bonds is 1. The quantitative estimate of drug-likeness (QED) is 0.839. The Morgan fingerprint density at radius 2 is 2.21 bits per heavy atom. The van der Waals surface area contributed by atoms with E-state index in [1.54, 1.807) is 6.20 Å². The first-order valence-corrected chi connectivity index (χ1v) is 5.31. The Labute approximate surface area is 95.5 Å². The van der Waals surface area contributed by atoms with E-state index in [0.717, 1.165) is 21.6 Å². The van der Waals surface area contributed by atoms with E-state index in [1.807, 2.05) is 25.1 Å². The topological polar surface area (TPSA) is 28.7 Å². The molecule has 2 rings (SSSR count). The summed E-state index contributed by atoms with van der Waals surface area (Å²) >= 11 is 9.53. The molecular formula is C10H8BrClN2. The molecule has 14 heavy (non-hydrogen) atoms. The van der Waals surface area contributed by atoms with Gasteiger partial charge < -0.3 is 4.98 Å². The molecule has 0 radical (unpaired) electrons. The van der Waals surface area contributed by atoms with Gasteiger partial charge in [-0.25, -0.2) is 4.98 Å². The standard InChI is InChI=1S/C10H8BrClN2/c1-6-5-13-10(14-6)9-7(11)3-2-4-8(9)12/h2-5H,1H3,(H,13,14). The summed E-state index contributed by atoms with van der Waals surface area (Å²) in [5.41, 5.74) is 1.93. The Balaban J connectivity index is 2.61. The van der Waals surface area contributed by atoms with Gasteiger partial charge in [0, 0.05) is 16.4 Å². The molecule has 0 atom stereocenters. The molecule has 1 N–H and O–H groups in total. The van der Waals surface area contributed by atoms with Crippen molar-refractivity contribution in [3.63, 3.8) is 0 Å². The van der Waals surface area contributed by atoms with E-state index in [4.69, 9.17) is 11.6 Å². The van der Waals surface area contributed by atoms with Crippen molar-refractivity contribution in [2.45, 2.75) is 6.92 Å². The lowest BCUT2D eigenvalue weighted by Crippen LogP contribution is -1.84. The van der Waals surface area contributed by atoms with Crippen LogP contribution < -0.4 is 0 Å². The molecule has 0 fully saturated rings. The van der Waals surface area contributed by atoms with E-state index < -0.39 is 0 Å². The largest absolute Gasteiger partial charge is 0.342 e. The van der Waals surface area contributed by atoms with Crippen LogP contribution in [-0.2, 0) is 0 Å². The molecule has 1 heterocycles. The van der Waals surface area contributed by atoms with Crippen LogP contribution >= 0.6 is 27.5 Å². The van der Waals surface area contributed by atoms with Crippen molar-refractivity contribution in [1.82, 2.24) is 9.97 Å². The van der Waals surface area contributed by atoms with Crippen molar-refractivity contribution in [1.29, 1.82) is 0 Å². The lowest BCUT2D eigenvalue weighted by atomic mass is 10.2. The third-order valence-electron chi connectivity index (χ3n) is 1.90. The summed E-state index contributed by atoms with van der Waals surface area (Å²) in [5, 5.41) is 0.689. The van der Waals surface area contributed by atoms with Crippen molar-refractivity contribution in [2.75, 3.05) is 0 Å². The Kier molecular flexibility index (Phi) is 2.61. The molecule has 0 unspecified atom stereocenters. The molecule has 1 aromatic carbocycles. The van der Waals surface area contributed by atoms with Gasteiger partial charge in [-0.2, -0.15) is 0 Å². The molecule has 2 nitrogen and oxygen atoms in total. The minimum absolute atomic E-state index is 0.689. The van der Waals surface area contributed by atoms with Gasteiger partial charge in [-0.05, 0) is 35.0 Å². The van der Waals surface area contributed by atoms with Crippen molar-refractivity contribution in [2.24, 2.45) is 0 Å². The van der Waals surface area contributed by atoms with Crippen LogP contribution in [0.2, 0.25) is 5.02 Å². The monoisotopic (exact) mass is 270 g/mol. The lowest BCUT2D eigenvalue weighted by Gasteiger charge is -2.02. The number of hydrogen-bond donors (Lipinski definition) is 1. The maximum absolute atomic E-state index is 6.08. The predicted octanol–water partition coefficient (Wildman–Crippen LogP) is 3.80. The number of aryl methyl sites for hydroxylation is 1. The average Bonchev–Trinajstić information content (AvgIpc) is 2.51. The Bertz CT molecular complexity index is 445. The first kappa shape index (κ1) is 9.74. The molecule has 0 saturated carbocycles. The van der Waals surface area contributed by atoms with Crippen LogP contribution in [0, 0.1) is 6.92 Å². The SMILES string of the molecule is Cc1cnc(-c2c(Cl)cccc2Br)[nH]1. The second-order valence-electron chi connectivity index (χ2n) is 3.01. The Morgan fingerprint density at radius 3 is 2.79 bits per heavy atom. The number of hydrogen-bond acceptors (Lipinski definition) is 1. The fourth-order valence-electron chi connectivity index (χ4n) is 1.26. The maximum atomic E-state index is 6.08. The zero-order valence-corrected chi connectivity index (χ0v) is 9.85. The van der Waals surface area contributed by atoms with Gasteiger partial charge in [0.2, 0.25) is 0 Å². The van der Waals surface area contributed by atoms with Crippen molar-refractivity contribution in [3.05, 3.63) is 39.6 Å². The van der Waals surface area contributed by atoms with Gasteiger partial charge in [-0.15, -0.1) is 0 Å². The number of H-pyrrole nitrogens is 1. The molecule has 0 saturated heterocycles. The second kappa shape index (κ2) is 3.75. The lowest BCUT2D eigenvalue weighted by molar-refractivity contribution is 1.25. The Hall–Kier alpha value is -0.800. The summed E-state index contributed by atoms with van der Waals surface area (Å²) in [6.07, 6.45) is 1.78. The van der Waals surface area contributed by atoms with Crippen LogP contribution in [-0.4, -0.2) is 9.97 Å². The first-order valence-electron chi connectivity index (χ1n) is 4.14. The van der Waals surface area contributed by atoms with Gasteiger partial charge in [0.05, 0.1) is 10.6 Å². The Morgan fingerprint density at radius 1 is 1.43 bits per heavy atom. The van der Waals surface area contributed by atoms with Gasteiger partial charge in [-0.3, -0.25) is 0 Å². The van der Waals surface area contributed by atoms with Gasteiger partial charge in [0.15, 0.2) is 0 Å². The number of halogens is 2. The highest BCUT2D eigenvalue weighted by atomic mass is 79.9. The average molecular weight is 272 g/mol. The van der Waals surface area contributed by atoms with Crippen molar-refractivity contribution in [3.8, 4) is 11.4 Å². The molecule has 0 amide bonds. The van der Waals surface area contributed by atoms with Gasteiger partial charge >= 0.3 is 0 Å². The minimum atomic E-state index is 0.689. The summed E-state index contributed by atoms with van der Waals surface area (Å²) in [5.74, 6) is 0.792.